The molecular weight excluding hydrogens is 399 g/mol. The molecule has 8 nitrogen and oxygen atoms in total. The summed E-state index contributed by atoms with van der Waals surface area (Å²) in [5.41, 5.74) is 12.9. The number of hydrogen-bond acceptors (Lipinski definition) is 7. The zero-order valence-electron chi connectivity index (χ0n) is 13.0. The van der Waals surface area contributed by atoms with Crippen LogP contribution in [0.3, 0.4) is 0 Å². The number of imidazole rings is 1. The molecule has 26 heavy (non-hydrogen) atoms. The standard InChI is InChI=1S/C11H6Cl2N4.C4H5ClN4/c12-7-3-1-6(2-4-7)10-16-8-9(13)14-5-15-11(8)17-10;5-3-2(6)4(7)9-1-8-3/h1-5H,(H,14,15,16,17);1H,6H2,(H2,7,8,9). The van der Waals surface area contributed by atoms with Gasteiger partial charge in [-0.2, -0.15) is 0 Å². The fourth-order valence-electron chi connectivity index (χ4n) is 1.93. The lowest BCUT2D eigenvalue weighted by molar-refractivity contribution is 1.18. The van der Waals surface area contributed by atoms with E-state index in [4.69, 9.17) is 46.3 Å². The maximum atomic E-state index is 5.94. The van der Waals surface area contributed by atoms with Gasteiger partial charge < -0.3 is 16.5 Å². The van der Waals surface area contributed by atoms with Gasteiger partial charge >= 0.3 is 0 Å². The van der Waals surface area contributed by atoms with E-state index >= 15 is 0 Å². The van der Waals surface area contributed by atoms with Gasteiger partial charge in [-0.25, -0.2) is 24.9 Å². The highest BCUT2D eigenvalue weighted by Crippen LogP contribution is 2.23. The van der Waals surface area contributed by atoms with Crippen LogP contribution in [0.2, 0.25) is 15.3 Å². The average molecular weight is 410 g/mol. The van der Waals surface area contributed by atoms with Crippen LogP contribution in [0.5, 0.6) is 0 Å². The second-order valence-corrected chi connectivity index (χ2v) is 6.07. The van der Waals surface area contributed by atoms with E-state index in [1.54, 1.807) is 12.1 Å². The van der Waals surface area contributed by atoms with E-state index in [0.29, 0.717) is 27.2 Å². The minimum Gasteiger partial charge on any atom is -0.393 e. The van der Waals surface area contributed by atoms with Crippen LogP contribution in [-0.4, -0.2) is 29.9 Å². The number of nitrogens with one attached hydrogen (secondary N) is 1. The van der Waals surface area contributed by atoms with Crippen molar-refractivity contribution >= 4 is 57.5 Å². The summed E-state index contributed by atoms with van der Waals surface area (Å²) in [4.78, 5) is 22.5. The number of hydrogen-bond donors (Lipinski definition) is 3. The number of aromatic nitrogens is 6. The molecule has 0 aliphatic heterocycles. The molecular formula is C15H11Cl3N8. The number of benzene rings is 1. The maximum absolute atomic E-state index is 5.94. The van der Waals surface area contributed by atoms with E-state index in [1.807, 2.05) is 12.1 Å². The van der Waals surface area contributed by atoms with Crippen LogP contribution in [0.15, 0.2) is 36.9 Å². The molecule has 0 aliphatic rings. The van der Waals surface area contributed by atoms with Crippen LogP contribution in [0.4, 0.5) is 11.5 Å². The lowest BCUT2D eigenvalue weighted by Gasteiger charge is -1.96. The first-order chi connectivity index (χ1) is 12.5. The number of H-pyrrole nitrogens is 1. The van der Waals surface area contributed by atoms with Gasteiger partial charge in [-0.3, -0.25) is 0 Å². The Kier molecular flexibility index (Phi) is 5.36. The number of nitrogens with two attached hydrogens (primary N) is 2. The van der Waals surface area contributed by atoms with Crippen LogP contribution < -0.4 is 11.5 Å². The van der Waals surface area contributed by atoms with E-state index < -0.39 is 0 Å². The normalized spacial score (nSPS) is 10.4. The fourth-order valence-corrected chi connectivity index (χ4v) is 2.37. The monoisotopic (exact) mass is 408 g/mol. The van der Waals surface area contributed by atoms with Crippen LogP contribution in [0.1, 0.15) is 0 Å². The van der Waals surface area contributed by atoms with Crippen LogP contribution in [0.25, 0.3) is 22.6 Å². The zero-order chi connectivity index (χ0) is 18.7. The first kappa shape index (κ1) is 18.1. The highest BCUT2D eigenvalue weighted by Gasteiger charge is 2.09. The summed E-state index contributed by atoms with van der Waals surface area (Å²) in [5.74, 6) is 0.911. The maximum Gasteiger partial charge on any atom is 0.182 e. The Morgan fingerprint density at radius 2 is 1.46 bits per heavy atom. The molecule has 0 bridgehead atoms. The molecule has 4 aromatic rings. The Hall–Kier alpha value is -2.68. The first-order valence-electron chi connectivity index (χ1n) is 7.09. The number of nitrogen functional groups attached to an aromatic ring is 2. The molecule has 3 aromatic heterocycles. The van der Waals surface area contributed by atoms with Crippen molar-refractivity contribution in [3.05, 3.63) is 52.2 Å². The number of rotatable bonds is 1. The third-order valence-electron chi connectivity index (χ3n) is 3.23. The largest absolute Gasteiger partial charge is 0.393 e. The Morgan fingerprint density at radius 3 is 2.08 bits per heavy atom. The molecule has 4 rings (SSSR count). The third-order valence-corrected chi connectivity index (χ3v) is 4.07. The smallest absolute Gasteiger partial charge is 0.182 e. The highest BCUT2D eigenvalue weighted by atomic mass is 35.5. The molecule has 0 spiro atoms. The summed E-state index contributed by atoms with van der Waals surface area (Å²) in [5, 5.41) is 1.24. The van der Waals surface area contributed by atoms with Crippen LogP contribution >= 0.6 is 34.8 Å². The number of halogens is 3. The molecule has 5 N–H and O–H groups in total. The van der Waals surface area contributed by atoms with E-state index in [1.165, 1.54) is 12.7 Å². The molecule has 0 fully saturated rings. The predicted octanol–water partition coefficient (Wildman–Crippen LogP) is 3.62. The zero-order valence-corrected chi connectivity index (χ0v) is 15.3. The lowest BCUT2D eigenvalue weighted by atomic mass is 10.2. The average Bonchev–Trinajstić information content (AvgIpc) is 3.06. The van der Waals surface area contributed by atoms with Crippen molar-refractivity contribution in [1.29, 1.82) is 0 Å². The predicted molar refractivity (Wildman–Crippen MR) is 103 cm³/mol. The molecule has 0 saturated heterocycles. The van der Waals surface area contributed by atoms with Crippen molar-refractivity contribution in [3.8, 4) is 11.4 Å². The number of anilines is 2. The van der Waals surface area contributed by atoms with Gasteiger partial charge in [-0.15, -0.1) is 0 Å². The van der Waals surface area contributed by atoms with Gasteiger partial charge in [0.15, 0.2) is 21.8 Å². The molecule has 0 saturated carbocycles. The van der Waals surface area contributed by atoms with Crippen LogP contribution in [-0.2, 0) is 0 Å². The summed E-state index contributed by atoms with van der Waals surface area (Å²) < 4.78 is 0. The van der Waals surface area contributed by atoms with Crippen molar-refractivity contribution in [2.24, 2.45) is 0 Å². The molecule has 0 amide bonds. The summed E-state index contributed by atoms with van der Waals surface area (Å²) in [6.45, 7) is 0. The Balaban J connectivity index is 0.000000185. The summed E-state index contributed by atoms with van der Waals surface area (Å²) >= 11 is 17.2. The minimum atomic E-state index is 0.197. The molecule has 132 valence electrons. The van der Waals surface area contributed by atoms with Gasteiger partial charge in [0.25, 0.3) is 0 Å². The van der Waals surface area contributed by atoms with Gasteiger partial charge in [-0.05, 0) is 24.3 Å². The molecule has 11 heteroatoms. The van der Waals surface area contributed by atoms with E-state index in [-0.39, 0.29) is 16.7 Å². The molecule has 1 aromatic carbocycles. The van der Waals surface area contributed by atoms with Gasteiger partial charge in [0.2, 0.25) is 0 Å². The molecule has 0 radical (unpaired) electrons. The van der Waals surface area contributed by atoms with Crippen molar-refractivity contribution in [2.75, 3.05) is 11.5 Å². The molecule has 0 aliphatic carbocycles. The van der Waals surface area contributed by atoms with Crippen molar-refractivity contribution in [3.63, 3.8) is 0 Å². The quantitative estimate of drug-likeness (QED) is 0.409. The summed E-state index contributed by atoms with van der Waals surface area (Å²) in [6, 6.07) is 7.36. The summed E-state index contributed by atoms with van der Waals surface area (Å²) in [7, 11) is 0. The highest BCUT2D eigenvalue weighted by molar-refractivity contribution is 6.33. The second-order valence-electron chi connectivity index (χ2n) is 4.92. The molecule has 3 heterocycles. The Labute approximate surface area is 162 Å². The first-order valence-corrected chi connectivity index (χ1v) is 8.22. The van der Waals surface area contributed by atoms with Gasteiger partial charge in [0.05, 0.1) is 0 Å². The fraction of sp³-hybridized carbons (Fsp3) is 0. The topological polar surface area (TPSA) is 132 Å². The summed E-state index contributed by atoms with van der Waals surface area (Å²) in [6.07, 6.45) is 2.64. The molecule has 0 atom stereocenters. The van der Waals surface area contributed by atoms with Gasteiger partial charge in [0.1, 0.15) is 29.7 Å². The van der Waals surface area contributed by atoms with Crippen molar-refractivity contribution in [1.82, 2.24) is 29.9 Å². The lowest BCUT2D eigenvalue weighted by Crippen LogP contribution is -1.99. The van der Waals surface area contributed by atoms with E-state index in [0.717, 1.165) is 5.56 Å². The molecule has 0 unspecified atom stereocenters. The van der Waals surface area contributed by atoms with Crippen LogP contribution in [0, 0.1) is 0 Å². The third kappa shape index (κ3) is 3.93. The SMILES string of the molecule is Clc1ccc(-c2nc3ncnc(Cl)c3[nH]2)cc1.Nc1ncnc(Cl)c1N. The Morgan fingerprint density at radius 1 is 0.808 bits per heavy atom. The van der Waals surface area contributed by atoms with Crippen molar-refractivity contribution < 1.29 is 0 Å². The van der Waals surface area contributed by atoms with Gasteiger partial charge in [0, 0.05) is 10.6 Å². The van der Waals surface area contributed by atoms with E-state index in [2.05, 4.69) is 29.9 Å². The number of nitrogens with zero attached hydrogens (tertiary/aromatic N) is 5. The number of aromatic amines is 1. The second kappa shape index (κ2) is 7.69. The Bertz CT molecular complexity index is 1030. The van der Waals surface area contributed by atoms with E-state index in [9.17, 15) is 0 Å². The number of fused-ring (bicyclic) bond motifs is 1. The van der Waals surface area contributed by atoms with Gasteiger partial charge in [-0.1, -0.05) is 34.8 Å². The van der Waals surface area contributed by atoms with Crippen molar-refractivity contribution in [2.45, 2.75) is 0 Å². The minimum absolute atomic E-state index is 0.197.